The van der Waals surface area contributed by atoms with Crippen molar-refractivity contribution in [2.24, 2.45) is 4.40 Å². The fraction of sp³-hybridized carbons (Fsp3) is 0.158. The normalized spacial score (nSPS) is 12.0. The number of aromatic nitrogens is 1. The summed E-state index contributed by atoms with van der Waals surface area (Å²) in [6.07, 6.45) is 1.66. The number of ether oxygens (including phenoxy) is 2. The number of sulfonamides is 1. The third-order valence-corrected chi connectivity index (χ3v) is 5.81. The second-order valence-corrected chi connectivity index (χ2v) is 8.14. The summed E-state index contributed by atoms with van der Waals surface area (Å²) in [5.74, 6) is -0.599. The number of halogens is 1. The first-order valence-corrected chi connectivity index (χ1v) is 10.8. The molecule has 0 amide bonds. The van der Waals surface area contributed by atoms with Crippen LogP contribution in [0.3, 0.4) is 0 Å². The summed E-state index contributed by atoms with van der Waals surface area (Å²) in [5, 5.41) is 1.69. The van der Waals surface area contributed by atoms with Gasteiger partial charge in [0.15, 0.2) is 6.61 Å². The molecule has 0 spiro atoms. The van der Waals surface area contributed by atoms with Crippen molar-refractivity contribution in [3.8, 4) is 11.4 Å². The first kappa shape index (κ1) is 20.7. The van der Waals surface area contributed by atoms with Crippen molar-refractivity contribution in [3.63, 3.8) is 0 Å². The smallest absolute Gasteiger partial charge is 0.344 e. The quantitative estimate of drug-likeness (QED) is 0.532. The second kappa shape index (κ2) is 9.01. The van der Waals surface area contributed by atoms with Gasteiger partial charge in [-0.15, -0.1) is 15.7 Å². The van der Waals surface area contributed by atoms with Crippen LogP contribution in [0.2, 0.25) is 0 Å². The van der Waals surface area contributed by atoms with Crippen LogP contribution >= 0.6 is 11.3 Å². The van der Waals surface area contributed by atoms with E-state index in [1.165, 1.54) is 0 Å². The number of hydrogen-bond donors (Lipinski definition) is 0. The number of hydrogen-bond acceptors (Lipinski definition) is 6. The van der Waals surface area contributed by atoms with Gasteiger partial charge in [0.25, 0.3) is 10.0 Å². The minimum absolute atomic E-state index is 0.106. The fourth-order valence-corrected chi connectivity index (χ4v) is 4.29. The van der Waals surface area contributed by atoms with Crippen LogP contribution in [0.15, 0.2) is 69.4 Å². The van der Waals surface area contributed by atoms with Crippen molar-refractivity contribution in [1.29, 1.82) is 0 Å². The summed E-state index contributed by atoms with van der Waals surface area (Å²) in [6, 6.07) is 11.2. The molecule has 0 unspecified atom stereocenters. The molecular formula is C19H17FN2O5S2. The lowest BCUT2D eigenvalue weighted by atomic mass is 10.3. The number of thiazole rings is 1. The van der Waals surface area contributed by atoms with Gasteiger partial charge in [0.1, 0.15) is 11.6 Å². The molecule has 7 nitrogen and oxygen atoms in total. The van der Waals surface area contributed by atoms with Crippen LogP contribution in [0, 0.1) is 5.82 Å². The van der Waals surface area contributed by atoms with Gasteiger partial charge in [0.2, 0.25) is 4.80 Å². The van der Waals surface area contributed by atoms with Gasteiger partial charge in [0.05, 0.1) is 17.2 Å². The molecular weight excluding hydrogens is 419 g/mol. The Morgan fingerprint density at radius 3 is 2.69 bits per heavy atom. The monoisotopic (exact) mass is 436 g/mol. The zero-order valence-corrected chi connectivity index (χ0v) is 17.0. The minimum atomic E-state index is -4.01. The number of esters is 1. The molecule has 3 rings (SSSR count). The lowest BCUT2D eigenvalue weighted by Crippen LogP contribution is -2.16. The van der Waals surface area contributed by atoms with Crippen molar-refractivity contribution in [2.75, 3.05) is 13.2 Å². The molecule has 0 saturated heterocycles. The van der Waals surface area contributed by atoms with Gasteiger partial charge in [-0.05, 0) is 43.3 Å². The molecule has 1 aromatic heterocycles. The molecule has 1 heterocycles. The maximum atomic E-state index is 13.1. The van der Waals surface area contributed by atoms with Crippen LogP contribution in [0.4, 0.5) is 4.39 Å². The number of nitrogens with zero attached hydrogens (tertiary/aromatic N) is 2. The molecule has 0 radical (unpaired) electrons. The van der Waals surface area contributed by atoms with Gasteiger partial charge in [0, 0.05) is 17.6 Å². The molecule has 0 N–H and O–H groups in total. The zero-order valence-electron chi connectivity index (χ0n) is 15.3. The Morgan fingerprint density at radius 2 is 1.97 bits per heavy atom. The van der Waals surface area contributed by atoms with Gasteiger partial charge in [-0.1, -0.05) is 6.07 Å². The third kappa shape index (κ3) is 5.30. The Labute approximate surface area is 170 Å². The van der Waals surface area contributed by atoms with E-state index in [1.54, 1.807) is 47.3 Å². The first-order valence-electron chi connectivity index (χ1n) is 8.50. The summed E-state index contributed by atoms with van der Waals surface area (Å²) < 4.78 is 53.8. The van der Waals surface area contributed by atoms with Gasteiger partial charge in [-0.3, -0.25) is 4.57 Å². The van der Waals surface area contributed by atoms with Crippen LogP contribution < -0.4 is 9.54 Å². The number of carbonyl (C=O) groups excluding carboxylic acids is 1. The standard InChI is InChI=1S/C19H17FN2O5S2/c1-2-26-18(23)13-27-16-5-3-4-15(12-16)22-10-11-28-19(22)21-29(24,25)17-8-6-14(20)7-9-17/h3-12H,2,13H2,1H3/b21-19-. The summed E-state index contributed by atoms with van der Waals surface area (Å²) in [4.78, 5) is 11.5. The van der Waals surface area contributed by atoms with Crippen molar-refractivity contribution >= 4 is 27.3 Å². The van der Waals surface area contributed by atoms with Crippen molar-refractivity contribution in [2.45, 2.75) is 11.8 Å². The van der Waals surface area contributed by atoms with Crippen LogP contribution in [0.25, 0.3) is 5.69 Å². The van der Waals surface area contributed by atoms with Gasteiger partial charge in [-0.2, -0.15) is 8.42 Å². The number of benzene rings is 2. The van der Waals surface area contributed by atoms with E-state index in [0.717, 1.165) is 35.6 Å². The molecule has 29 heavy (non-hydrogen) atoms. The molecule has 0 aliphatic carbocycles. The average molecular weight is 436 g/mol. The summed E-state index contributed by atoms with van der Waals surface area (Å²) in [5.41, 5.74) is 0.598. The Hall–Kier alpha value is -2.98. The number of rotatable bonds is 7. The third-order valence-electron chi connectivity index (χ3n) is 3.66. The van der Waals surface area contributed by atoms with E-state index in [4.69, 9.17) is 9.47 Å². The van der Waals surface area contributed by atoms with E-state index in [0.29, 0.717) is 11.4 Å². The predicted octanol–water partition coefficient (Wildman–Crippen LogP) is 2.91. The van der Waals surface area contributed by atoms with Gasteiger partial charge in [-0.25, -0.2) is 9.18 Å². The summed E-state index contributed by atoms with van der Waals surface area (Å²) >= 11 is 1.13. The molecule has 0 fully saturated rings. The van der Waals surface area contributed by atoms with Crippen LogP contribution in [-0.2, 0) is 19.6 Å². The second-order valence-electron chi connectivity index (χ2n) is 5.67. The van der Waals surface area contributed by atoms with Gasteiger partial charge < -0.3 is 9.47 Å². The Morgan fingerprint density at radius 1 is 1.21 bits per heavy atom. The Kier molecular flexibility index (Phi) is 6.45. The Balaban J connectivity index is 1.90. The topological polar surface area (TPSA) is 87.0 Å². The molecule has 3 aromatic rings. The van der Waals surface area contributed by atoms with E-state index in [2.05, 4.69) is 4.40 Å². The van der Waals surface area contributed by atoms with Crippen molar-refractivity contribution in [3.05, 3.63) is 70.7 Å². The molecule has 0 bridgehead atoms. The molecule has 2 aromatic carbocycles. The lowest BCUT2D eigenvalue weighted by Gasteiger charge is -2.08. The SMILES string of the molecule is CCOC(=O)COc1cccc(-n2ccs/c2=N\S(=O)(=O)c2ccc(F)cc2)c1. The highest BCUT2D eigenvalue weighted by atomic mass is 32.2. The van der Waals surface area contributed by atoms with Crippen molar-refractivity contribution in [1.82, 2.24) is 4.57 Å². The van der Waals surface area contributed by atoms with E-state index in [-0.39, 0.29) is 22.9 Å². The summed E-state index contributed by atoms with van der Waals surface area (Å²) in [6.45, 7) is 1.74. The van der Waals surface area contributed by atoms with E-state index in [1.807, 2.05) is 0 Å². The average Bonchev–Trinajstić information content (AvgIpc) is 3.14. The maximum absolute atomic E-state index is 13.1. The van der Waals surface area contributed by atoms with Crippen LogP contribution in [-0.4, -0.2) is 32.2 Å². The lowest BCUT2D eigenvalue weighted by molar-refractivity contribution is -0.145. The molecule has 0 saturated carbocycles. The highest BCUT2D eigenvalue weighted by molar-refractivity contribution is 7.90. The molecule has 10 heteroatoms. The van der Waals surface area contributed by atoms with Crippen molar-refractivity contribution < 1.29 is 27.1 Å². The largest absolute Gasteiger partial charge is 0.482 e. The number of carbonyl (C=O) groups is 1. The highest BCUT2D eigenvalue weighted by Crippen LogP contribution is 2.17. The molecule has 0 atom stereocenters. The van der Waals surface area contributed by atoms with Gasteiger partial charge >= 0.3 is 5.97 Å². The summed E-state index contributed by atoms with van der Waals surface area (Å²) in [7, 11) is -4.01. The van der Waals surface area contributed by atoms with Crippen LogP contribution in [0.5, 0.6) is 5.75 Å². The zero-order chi connectivity index (χ0) is 20.9. The Bertz CT molecular complexity index is 1170. The van der Waals surface area contributed by atoms with E-state index < -0.39 is 21.8 Å². The minimum Gasteiger partial charge on any atom is -0.482 e. The highest BCUT2D eigenvalue weighted by Gasteiger charge is 2.14. The first-order chi connectivity index (χ1) is 13.9. The maximum Gasteiger partial charge on any atom is 0.344 e. The predicted molar refractivity (Wildman–Crippen MR) is 105 cm³/mol. The van der Waals surface area contributed by atoms with Crippen LogP contribution in [0.1, 0.15) is 6.92 Å². The van der Waals surface area contributed by atoms with E-state index in [9.17, 15) is 17.6 Å². The fourth-order valence-electron chi connectivity index (χ4n) is 2.36. The van der Waals surface area contributed by atoms with E-state index >= 15 is 0 Å². The molecule has 152 valence electrons. The molecule has 0 aliphatic heterocycles. The molecule has 0 aliphatic rings.